The number of hydrogen-bond donors (Lipinski definition) is 3. The molecule has 2 amide bonds. The molecule has 7 nitrogen and oxygen atoms in total. The fourth-order valence-corrected chi connectivity index (χ4v) is 3.16. The Hall–Kier alpha value is -1.34. The van der Waals surface area contributed by atoms with Crippen LogP contribution in [0.2, 0.25) is 0 Å². The van der Waals surface area contributed by atoms with Crippen LogP contribution in [0.5, 0.6) is 0 Å². The molecule has 1 aliphatic heterocycles. The van der Waals surface area contributed by atoms with Crippen molar-refractivity contribution in [1.82, 2.24) is 10.2 Å². The number of carboxylic acid groups (broad SMARTS) is 1. The van der Waals surface area contributed by atoms with E-state index in [0.717, 1.165) is 12.8 Å². The molecule has 3 N–H and O–H groups in total. The smallest absolute Gasteiger partial charge is 0.317 e. The van der Waals surface area contributed by atoms with Crippen molar-refractivity contribution in [3.63, 3.8) is 0 Å². The number of rotatable bonds is 3. The summed E-state index contributed by atoms with van der Waals surface area (Å²) < 4.78 is 5.50. The lowest BCUT2D eigenvalue weighted by Gasteiger charge is -2.38. The van der Waals surface area contributed by atoms with Gasteiger partial charge < -0.3 is 25.2 Å². The molecule has 0 radical (unpaired) electrons. The first-order chi connectivity index (χ1) is 10.0. The number of carbonyl (C=O) groups is 2. The molecular formula is C14H24N2O5. The molecule has 0 bridgehead atoms. The Morgan fingerprint density at radius 3 is 2.67 bits per heavy atom. The van der Waals surface area contributed by atoms with Gasteiger partial charge in [0, 0.05) is 12.6 Å². The first-order valence-electron chi connectivity index (χ1n) is 7.55. The van der Waals surface area contributed by atoms with Crippen LogP contribution < -0.4 is 5.32 Å². The van der Waals surface area contributed by atoms with E-state index >= 15 is 0 Å². The quantitative estimate of drug-likeness (QED) is 0.701. The lowest BCUT2D eigenvalue weighted by atomic mass is 9.84. The normalized spacial score (nSPS) is 33.5. The van der Waals surface area contributed by atoms with E-state index in [4.69, 9.17) is 4.74 Å². The third-order valence-corrected chi connectivity index (χ3v) is 4.21. The van der Waals surface area contributed by atoms with Crippen molar-refractivity contribution < 1.29 is 24.5 Å². The number of nitrogens with one attached hydrogen (secondary N) is 1. The summed E-state index contributed by atoms with van der Waals surface area (Å²) in [6, 6.07) is -0.573. The van der Waals surface area contributed by atoms with Crippen LogP contribution in [0.1, 0.15) is 32.6 Å². The molecular weight excluding hydrogens is 276 g/mol. The van der Waals surface area contributed by atoms with Crippen molar-refractivity contribution in [2.75, 3.05) is 19.7 Å². The van der Waals surface area contributed by atoms with E-state index in [1.165, 1.54) is 0 Å². The first kappa shape index (κ1) is 16.0. The number of aliphatic hydroxyl groups is 1. The van der Waals surface area contributed by atoms with Gasteiger partial charge in [0.1, 0.15) is 0 Å². The van der Waals surface area contributed by atoms with E-state index in [9.17, 15) is 19.8 Å². The molecule has 0 aromatic heterocycles. The maximum absolute atomic E-state index is 12.3. The number of nitrogens with zero attached hydrogens (tertiary/aromatic N) is 1. The second-order valence-electron chi connectivity index (χ2n) is 5.94. The summed E-state index contributed by atoms with van der Waals surface area (Å²) in [6.45, 7) is 2.50. The molecule has 1 saturated carbocycles. The molecule has 0 aromatic carbocycles. The average molecular weight is 300 g/mol. The summed E-state index contributed by atoms with van der Waals surface area (Å²) in [5.74, 6) is -1.35. The van der Waals surface area contributed by atoms with Crippen molar-refractivity contribution in [3.8, 4) is 0 Å². The maximum atomic E-state index is 12.3. The van der Waals surface area contributed by atoms with Crippen molar-refractivity contribution in [2.24, 2.45) is 5.92 Å². The number of carboxylic acids is 1. The number of urea groups is 1. The van der Waals surface area contributed by atoms with E-state index < -0.39 is 11.9 Å². The molecule has 4 unspecified atom stereocenters. The van der Waals surface area contributed by atoms with Gasteiger partial charge in [-0.3, -0.25) is 4.79 Å². The van der Waals surface area contributed by atoms with Crippen LogP contribution in [0.15, 0.2) is 0 Å². The molecule has 7 heteroatoms. The third-order valence-electron chi connectivity index (χ3n) is 4.21. The summed E-state index contributed by atoms with van der Waals surface area (Å²) in [5, 5.41) is 21.3. The molecule has 0 spiro atoms. The molecule has 21 heavy (non-hydrogen) atoms. The van der Waals surface area contributed by atoms with E-state index in [1.807, 2.05) is 6.92 Å². The van der Waals surface area contributed by atoms with Crippen LogP contribution in [0.3, 0.4) is 0 Å². The van der Waals surface area contributed by atoms with E-state index in [-0.39, 0.29) is 30.9 Å². The molecule has 1 aliphatic carbocycles. The summed E-state index contributed by atoms with van der Waals surface area (Å²) in [7, 11) is 0. The molecule has 4 atom stereocenters. The fourth-order valence-electron chi connectivity index (χ4n) is 3.16. The number of morpholine rings is 1. The number of aliphatic hydroxyl groups excluding tert-OH is 1. The minimum absolute atomic E-state index is 0.130. The standard InChI is InChI=1S/C14H24N2O5/c1-9-6-16(7-10(8-17)21-9)14(20)15-12-5-3-2-4-11(12)13(18)19/h9-12,17H,2-8H2,1H3,(H,15,20)(H,18,19). The zero-order valence-corrected chi connectivity index (χ0v) is 12.3. The van der Waals surface area contributed by atoms with Crippen LogP contribution in [-0.2, 0) is 9.53 Å². The topological polar surface area (TPSA) is 99.1 Å². The summed E-state index contributed by atoms with van der Waals surface area (Å²) in [6.07, 6.45) is 2.63. The number of aliphatic carboxylic acids is 1. The van der Waals surface area contributed by atoms with Gasteiger partial charge in [0.05, 0.1) is 31.3 Å². The maximum Gasteiger partial charge on any atom is 0.317 e. The zero-order chi connectivity index (χ0) is 15.4. The SMILES string of the molecule is CC1CN(C(=O)NC2CCCCC2C(=O)O)CC(CO)O1. The van der Waals surface area contributed by atoms with Gasteiger partial charge in [0.2, 0.25) is 0 Å². The van der Waals surface area contributed by atoms with Crippen molar-refractivity contribution in [3.05, 3.63) is 0 Å². The van der Waals surface area contributed by atoms with Crippen molar-refractivity contribution >= 4 is 12.0 Å². The Morgan fingerprint density at radius 2 is 2.00 bits per heavy atom. The Balaban J connectivity index is 1.94. The van der Waals surface area contributed by atoms with E-state index in [0.29, 0.717) is 25.9 Å². The Bertz CT molecular complexity index is 390. The molecule has 120 valence electrons. The highest BCUT2D eigenvalue weighted by atomic mass is 16.5. The lowest BCUT2D eigenvalue weighted by Crippen LogP contribution is -2.56. The van der Waals surface area contributed by atoms with Crippen LogP contribution >= 0.6 is 0 Å². The molecule has 1 saturated heterocycles. The Morgan fingerprint density at radius 1 is 1.29 bits per heavy atom. The molecule has 2 aliphatic rings. The predicted octanol–water partition coefficient (Wildman–Crippen LogP) is 0.421. The second kappa shape index (κ2) is 7.09. The fraction of sp³-hybridized carbons (Fsp3) is 0.857. The number of ether oxygens (including phenoxy) is 1. The molecule has 2 fully saturated rings. The Labute approximate surface area is 124 Å². The number of amides is 2. The van der Waals surface area contributed by atoms with E-state index in [2.05, 4.69) is 5.32 Å². The lowest BCUT2D eigenvalue weighted by molar-refractivity contribution is -0.143. The zero-order valence-electron chi connectivity index (χ0n) is 12.3. The van der Waals surface area contributed by atoms with Gasteiger partial charge >= 0.3 is 12.0 Å². The van der Waals surface area contributed by atoms with Gasteiger partial charge in [-0.2, -0.15) is 0 Å². The molecule has 1 heterocycles. The van der Waals surface area contributed by atoms with Crippen LogP contribution in [0.25, 0.3) is 0 Å². The largest absolute Gasteiger partial charge is 0.481 e. The van der Waals surface area contributed by atoms with Gasteiger partial charge in [-0.25, -0.2) is 4.79 Å². The Kier molecular flexibility index (Phi) is 5.41. The molecule has 2 rings (SSSR count). The molecule has 0 aromatic rings. The highest BCUT2D eigenvalue weighted by Gasteiger charge is 2.34. The van der Waals surface area contributed by atoms with Gasteiger partial charge in [-0.05, 0) is 19.8 Å². The number of carbonyl (C=O) groups excluding carboxylic acids is 1. The van der Waals surface area contributed by atoms with Gasteiger partial charge in [0.15, 0.2) is 0 Å². The predicted molar refractivity (Wildman–Crippen MR) is 74.9 cm³/mol. The minimum atomic E-state index is -0.844. The van der Waals surface area contributed by atoms with Crippen LogP contribution in [0, 0.1) is 5.92 Å². The monoisotopic (exact) mass is 300 g/mol. The summed E-state index contributed by atoms with van der Waals surface area (Å²) in [5.41, 5.74) is 0. The third kappa shape index (κ3) is 4.07. The second-order valence-corrected chi connectivity index (χ2v) is 5.94. The van der Waals surface area contributed by atoms with Gasteiger partial charge in [-0.1, -0.05) is 12.8 Å². The van der Waals surface area contributed by atoms with Crippen molar-refractivity contribution in [1.29, 1.82) is 0 Å². The van der Waals surface area contributed by atoms with E-state index in [1.54, 1.807) is 4.90 Å². The first-order valence-corrected chi connectivity index (χ1v) is 7.55. The van der Waals surface area contributed by atoms with Crippen LogP contribution in [0.4, 0.5) is 4.79 Å². The minimum Gasteiger partial charge on any atom is -0.481 e. The summed E-state index contributed by atoms with van der Waals surface area (Å²) in [4.78, 5) is 25.2. The van der Waals surface area contributed by atoms with Gasteiger partial charge in [0.25, 0.3) is 0 Å². The number of hydrogen-bond acceptors (Lipinski definition) is 4. The highest BCUT2D eigenvalue weighted by molar-refractivity contribution is 5.77. The van der Waals surface area contributed by atoms with Crippen LogP contribution in [-0.4, -0.2) is 65.1 Å². The average Bonchev–Trinajstić information content (AvgIpc) is 2.46. The summed E-state index contributed by atoms with van der Waals surface area (Å²) >= 11 is 0. The van der Waals surface area contributed by atoms with Gasteiger partial charge in [-0.15, -0.1) is 0 Å². The van der Waals surface area contributed by atoms with Crippen molar-refractivity contribution in [2.45, 2.75) is 50.9 Å². The highest BCUT2D eigenvalue weighted by Crippen LogP contribution is 2.25.